The van der Waals surface area contributed by atoms with E-state index < -0.39 is 0 Å². The number of hydrogen-bond donors (Lipinski definition) is 1. The van der Waals surface area contributed by atoms with Crippen LogP contribution in [0.3, 0.4) is 0 Å². The Balaban J connectivity index is 2.32. The van der Waals surface area contributed by atoms with Crippen LogP contribution in [0.2, 0.25) is 0 Å². The molecule has 0 spiro atoms. The van der Waals surface area contributed by atoms with Crippen LogP contribution < -0.4 is 5.32 Å². The molecule has 46 valence electrons. The average molecular weight is 131 g/mol. The van der Waals surface area contributed by atoms with Gasteiger partial charge in [-0.25, -0.2) is 0 Å². The lowest BCUT2D eigenvalue weighted by Gasteiger charge is -2.05. The van der Waals surface area contributed by atoms with Gasteiger partial charge in [0.05, 0.1) is 0 Å². The van der Waals surface area contributed by atoms with Crippen LogP contribution in [0.5, 0.6) is 0 Å². The van der Waals surface area contributed by atoms with Crippen LogP contribution in [0.1, 0.15) is 12.8 Å². The third kappa shape index (κ3) is 1.17. The van der Waals surface area contributed by atoms with Gasteiger partial charge in [-0.05, 0) is 19.3 Å². The van der Waals surface area contributed by atoms with E-state index in [0.29, 0.717) is 0 Å². The van der Waals surface area contributed by atoms with Crippen molar-refractivity contribution >= 4 is 17.3 Å². The third-order valence-electron chi connectivity index (χ3n) is 1.21. The Morgan fingerprint density at radius 2 is 2.62 bits per heavy atom. The fourth-order valence-corrected chi connectivity index (χ4v) is 0.963. The van der Waals surface area contributed by atoms with Gasteiger partial charge in [-0.15, -0.1) is 0 Å². The highest BCUT2D eigenvalue weighted by Gasteiger charge is 2.17. The van der Waals surface area contributed by atoms with Crippen molar-refractivity contribution in [3.63, 3.8) is 0 Å². The van der Waals surface area contributed by atoms with Crippen molar-refractivity contribution in [1.29, 1.82) is 0 Å². The monoisotopic (exact) mass is 131 g/mol. The lowest BCUT2D eigenvalue weighted by atomic mass is 10.3. The molecule has 0 aromatic carbocycles. The normalized spacial score (nSPS) is 28.1. The van der Waals surface area contributed by atoms with Crippen molar-refractivity contribution in [2.75, 3.05) is 7.05 Å². The minimum Gasteiger partial charge on any atom is -0.469 e. The first-order valence-electron chi connectivity index (χ1n) is 2.69. The Kier molecular flexibility index (Phi) is 1.81. The van der Waals surface area contributed by atoms with Crippen LogP contribution in [0.25, 0.3) is 0 Å². The summed E-state index contributed by atoms with van der Waals surface area (Å²) in [6, 6.07) is 0. The zero-order valence-corrected chi connectivity index (χ0v) is 5.62. The van der Waals surface area contributed by atoms with E-state index in [-0.39, 0.29) is 6.23 Å². The van der Waals surface area contributed by atoms with Gasteiger partial charge in [0.25, 0.3) is 0 Å². The first-order chi connectivity index (χ1) is 3.83. The van der Waals surface area contributed by atoms with Gasteiger partial charge in [0.1, 0.15) is 0 Å². The van der Waals surface area contributed by atoms with Gasteiger partial charge in [0, 0.05) is 12.8 Å². The second-order valence-electron chi connectivity index (χ2n) is 1.81. The van der Waals surface area contributed by atoms with Crippen LogP contribution in [0.15, 0.2) is 0 Å². The topological polar surface area (TPSA) is 21.3 Å². The van der Waals surface area contributed by atoms with Gasteiger partial charge in [-0.3, -0.25) is 5.32 Å². The van der Waals surface area contributed by atoms with Crippen molar-refractivity contribution in [2.45, 2.75) is 19.1 Å². The van der Waals surface area contributed by atoms with Crippen molar-refractivity contribution in [2.24, 2.45) is 0 Å². The van der Waals surface area contributed by atoms with Crippen LogP contribution in [0.4, 0.5) is 0 Å². The van der Waals surface area contributed by atoms with Crippen molar-refractivity contribution < 1.29 is 4.74 Å². The number of thiocarbonyl (C=S) groups is 1. The first kappa shape index (κ1) is 5.98. The summed E-state index contributed by atoms with van der Waals surface area (Å²) in [6.45, 7) is 0. The highest BCUT2D eigenvalue weighted by molar-refractivity contribution is 7.80. The summed E-state index contributed by atoms with van der Waals surface area (Å²) in [6.07, 6.45) is 2.14. The number of rotatable bonds is 1. The summed E-state index contributed by atoms with van der Waals surface area (Å²) in [5.41, 5.74) is 0. The molecule has 0 aromatic rings. The van der Waals surface area contributed by atoms with E-state index in [0.717, 1.165) is 17.9 Å². The Bertz CT molecular complexity index is 105. The predicted octanol–water partition coefficient (Wildman–Crippen LogP) is 0.670. The zero-order valence-electron chi connectivity index (χ0n) is 4.81. The smallest absolute Gasteiger partial charge is 0.162 e. The molecule has 1 fully saturated rings. The summed E-state index contributed by atoms with van der Waals surface area (Å²) < 4.78 is 5.13. The lowest BCUT2D eigenvalue weighted by Crippen LogP contribution is -2.23. The maximum atomic E-state index is 5.13. The Hall–Kier alpha value is -0.150. The number of ether oxygens (including phenoxy) is 1. The van der Waals surface area contributed by atoms with E-state index in [1.807, 2.05) is 7.05 Å². The molecule has 0 aliphatic carbocycles. The Labute approximate surface area is 54.2 Å². The molecule has 1 unspecified atom stereocenters. The van der Waals surface area contributed by atoms with Crippen LogP contribution in [-0.2, 0) is 4.74 Å². The summed E-state index contributed by atoms with van der Waals surface area (Å²) >= 11 is 4.80. The summed E-state index contributed by atoms with van der Waals surface area (Å²) in [7, 11) is 1.87. The maximum absolute atomic E-state index is 5.13. The Morgan fingerprint density at radius 1 is 1.88 bits per heavy atom. The molecule has 0 amide bonds. The van der Waals surface area contributed by atoms with Crippen molar-refractivity contribution in [1.82, 2.24) is 5.32 Å². The molecule has 1 rings (SSSR count). The molecule has 1 N–H and O–H groups in total. The molecule has 1 aliphatic heterocycles. The number of hydrogen-bond acceptors (Lipinski definition) is 3. The van der Waals surface area contributed by atoms with Crippen LogP contribution >= 0.6 is 12.2 Å². The van der Waals surface area contributed by atoms with Gasteiger partial charge in [0.15, 0.2) is 11.3 Å². The summed E-state index contributed by atoms with van der Waals surface area (Å²) in [4.78, 5) is 0. The molecule has 0 radical (unpaired) electrons. The van der Waals surface area contributed by atoms with Gasteiger partial charge in [-0.2, -0.15) is 0 Å². The number of nitrogens with one attached hydrogen (secondary N) is 1. The molecule has 1 aliphatic rings. The third-order valence-corrected chi connectivity index (χ3v) is 1.51. The highest BCUT2D eigenvalue weighted by atomic mass is 32.1. The van der Waals surface area contributed by atoms with E-state index in [1.165, 1.54) is 0 Å². The second-order valence-corrected chi connectivity index (χ2v) is 2.26. The largest absolute Gasteiger partial charge is 0.469 e. The molecule has 8 heavy (non-hydrogen) atoms. The lowest BCUT2D eigenvalue weighted by molar-refractivity contribution is 0.194. The molecule has 1 atom stereocenters. The highest BCUT2D eigenvalue weighted by Crippen LogP contribution is 2.11. The van der Waals surface area contributed by atoms with Crippen LogP contribution in [-0.4, -0.2) is 18.3 Å². The molecule has 0 saturated carbocycles. The molecular weight excluding hydrogens is 122 g/mol. The minimum absolute atomic E-state index is 0.183. The molecule has 3 heteroatoms. The van der Waals surface area contributed by atoms with Gasteiger partial charge in [0.2, 0.25) is 0 Å². The molecule has 1 heterocycles. The molecule has 2 nitrogen and oxygen atoms in total. The van der Waals surface area contributed by atoms with E-state index in [9.17, 15) is 0 Å². The average Bonchev–Trinajstić information content (AvgIpc) is 2.14. The van der Waals surface area contributed by atoms with E-state index in [1.54, 1.807) is 0 Å². The Morgan fingerprint density at radius 3 is 2.88 bits per heavy atom. The van der Waals surface area contributed by atoms with Gasteiger partial charge < -0.3 is 4.74 Å². The fourth-order valence-electron chi connectivity index (χ4n) is 0.729. The molecular formula is C5H9NOS. The van der Waals surface area contributed by atoms with Crippen molar-refractivity contribution in [3.8, 4) is 0 Å². The first-order valence-corrected chi connectivity index (χ1v) is 3.10. The minimum atomic E-state index is 0.183. The summed E-state index contributed by atoms with van der Waals surface area (Å²) in [5, 5.41) is 3.72. The SMILES string of the molecule is CNC1CCC(=S)O1. The zero-order chi connectivity index (χ0) is 5.98. The standard InChI is InChI=1S/C5H9NOS/c1-6-4-2-3-5(8)7-4/h4,6H,2-3H2,1H3. The fraction of sp³-hybridized carbons (Fsp3) is 0.800. The maximum Gasteiger partial charge on any atom is 0.162 e. The second kappa shape index (κ2) is 2.42. The van der Waals surface area contributed by atoms with Gasteiger partial charge in [-0.1, -0.05) is 0 Å². The van der Waals surface area contributed by atoms with Gasteiger partial charge >= 0.3 is 0 Å². The quantitative estimate of drug-likeness (QED) is 0.528. The molecule has 0 bridgehead atoms. The predicted molar refractivity (Wildman–Crippen MR) is 35.8 cm³/mol. The van der Waals surface area contributed by atoms with E-state index in [4.69, 9.17) is 17.0 Å². The van der Waals surface area contributed by atoms with Crippen molar-refractivity contribution in [3.05, 3.63) is 0 Å². The van der Waals surface area contributed by atoms with Crippen LogP contribution in [0, 0.1) is 0 Å². The molecule has 0 aromatic heterocycles. The summed E-state index contributed by atoms with van der Waals surface area (Å²) in [5.74, 6) is 0. The molecule has 1 saturated heterocycles. The van der Waals surface area contributed by atoms with E-state index >= 15 is 0 Å². The van der Waals surface area contributed by atoms with E-state index in [2.05, 4.69) is 5.32 Å².